The molecule has 130 valence electrons. The highest BCUT2D eigenvalue weighted by atomic mass is 32.1. The van der Waals surface area contributed by atoms with Crippen molar-refractivity contribution in [2.24, 2.45) is 4.99 Å². The molecular formula is C22H21N3S. The highest BCUT2D eigenvalue weighted by Gasteiger charge is 2.02. The summed E-state index contributed by atoms with van der Waals surface area (Å²) in [4.78, 5) is 13.0. The van der Waals surface area contributed by atoms with Gasteiger partial charge in [-0.3, -0.25) is 0 Å². The smallest absolute Gasteiger partial charge is 0.128 e. The lowest BCUT2D eigenvalue weighted by Crippen LogP contribution is -1.98. The van der Waals surface area contributed by atoms with Crippen molar-refractivity contribution < 1.29 is 0 Å². The van der Waals surface area contributed by atoms with Crippen molar-refractivity contribution in [3.05, 3.63) is 77.9 Å². The van der Waals surface area contributed by atoms with E-state index in [4.69, 9.17) is 0 Å². The maximum Gasteiger partial charge on any atom is 0.128 e. The van der Waals surface area contributed by atoms with Gasteiger partial charge in [0.25, 0.3) is 0 Å². The third kappa shape index (κ3) is 4.92. The highest BCUT2D eigenvalue weighted by Crippen LogP contribution is 2.19. The Kier molecular flexibility index (Phi) is 6.37. The molecule has 1 heterocycles. The van der Waals surface area contributed by atoms with Crippen LogP contribution in [-0.2, 0) is 19.3 Å². The molecule has 0 saturated carbocycles. The first-order valence-corrected chi connectivity index (χ1v) is 9.26. The number of aliphatic imine (C=N–C) groups is 1. The van der Waals surface area contributed by atoms with E-state index in [0.717, 1.165) is 41.9 Å². The van der Waals surface area contributed by atoms with Crippen LogP contribution in [0, 0.1) is 0 Å². The fraction of sp³-hybridized carbons (Fsp3) is 0.227. The number of aromatic nitrogens is 2. The largest absolute Gasteiger partial charge is 0.241 e. The Bertz CT molecular complexity index is 878. The minimum atomic E-state index is 0.811. The van der Waals surface area contributed by atoms with Gasteiger partial charge in [-0.05, 0) is 53.9 Å². The molecule has 0 aliphatic rings. The number of benzene rings is 2. The third-order valence-electron chi connectivity index (χ3n) is 4.28. The van der Waals surface area contributed by atoms with Crippen LogP contribution in [0.4, 0.5) is 5.69 Å². The minimum absolute atomic E-state index is 0.811. The normalized spacial score (nSPS) is 10.3. The number of isothiocyanates is 1. The highest BCUT2D eigenvalue weighted by molar-refractivity contribution is 7.78. The number of thiocarbonyl (C=S) groups is 1. The molecule has 1 aromatic heterocycles. The molecule has 0 radical (unpaired) electrons. The van der Waals surface area contributed by atoms with Crippen LogP contribution in [0.5, 0.6) is 0 Å². The zero-order chi connectivity index (χ0) is 18.2. The molecular weight excluding hydrogens is 338 g/mol. The molecule has 3 nitrogen and oxygen atoms in total. The fourth-order valence-corrected chi connectivity index (χ4v) is 2.94. The van der Waals surface area contributed by atoms with Crippen molar-refractivity contribution in [3.63, 3.8) is 0 Å². The Morgan fingerprint density at radius 3 is 2.04 bits per heavy atom. The van der Waals surface area contributed by atoms with Crippen LogP contribution < -0.4 is 0 Å². The van der Waals surface area contributed by atoms with E-state index in [1.807, 2.05) is 24.5 Å². The number of nitrogens with zero attached hydrogens (tertiary/aromatic N) is 3. The second kappa shape index (κ2) is 9.14. The van der Waals surface area contributed by atoms with Gasteiger partial charge in [-0.15, -0.1) is 0 Å². The van der Waals surface area contributed by atoms with E-state index in [2.05, 4.69) is 75.7 Å². The number of hydrogen-bond acceptors (Lipinski definition) is 4. The SMILES string of the molecule is CCCc1ccc(-c2cnc(CCc3ccc(N=C=S)cc3)nc2)cc1. The first-order chi connectivity index (χ1) is 12.8. The summed E-state index contributed by atoms with van der Waals surface area (Å²) in [7, 11) is 0. The van der Waals surface area contributed by atoms with E-state index in [0.29, 0.717) is 0 Å². The molecule has 0 aliphatic carbocycles. The Hall–Kier alpha value is -2.68. The van der Waals surface area contributed by atoms with Gasteiger partial charge < -0.3 is 0 Å². The molecule has 0 saturated heterocycles. The average Bonchev–Trinajstić information content (AvgIpc) is 2.69. The second-order valence-electron chi connectivity index (χ2n) is 6.20. The van der Waals surface area contributed by atoms with Crippen molar-refractivity contribution in [2.45, 2.75) is 32.6 Å². The Labute approximate surface area is 159 Å². The summed E-state index contributed by atoms with van der Waals surface area (Å²) >= 11 is 4.61. The van der Waals surface area contributed by atoms with E-state index in [1.54, 1.807) is 0 Å². The molecule has 0 spiro atoms. The predicted octanol–water partition coefficient (Wildman–Crippen LogP) is 5.62. The first-order valence-electron chi connectivity index (χ1n) is 8.85. The molecule has 26 heavy (non-hydrogen) atoms. The summed E-state index contributed by atoms with van der Waals surface area (Å²) in [5.41, 5.74) is 5.64. The van der Waals surface area contributed by atoms with E-state index in [-0.39, 0.29) is 0 Å². The van der Waals surface area contributed by atoms with Crippen LogP contribution in [0.2, 0.25) is 0 Å². The van der Waals surface area contributed by atoms with Crippen molar-refractivity contribution in [1.29, 1.82) is 0 Å². The van der Waals surface area contributed by atoms with Crippen LogP contribution in [-0.4, -0.2) is 15.1 Å². The molecule has 4 heteroatoms. The maximum atomic E-state index is 4.61. The molecule has 0 bridgehead atoms. The van der Waals surface area contributed by atoms with E-state index in [9.17, 15) is 0 Å². The van der Waals surface area contributed by atoms with Gasteiger partial charge >= 0.3 is 0 Å². The first kappa shape index (κ1) is 18.1. The van der Waals surface area contributed by atoms with Crippen LogP contribution in [0.15, 0.2) is 65.9 Å². The summed E-state index contributed by atoms with van der Waals surface area (Å²) < 4.78 is 0. The summed E-state index contributed by atoms with van der Waals surface area (Å²) in [5, 5.41) is 2.38. The fourth-order valence-electron chi connectivity index (χ4n) is 2.83. The zero-order valence-electron chi connectivity index (χ0n) is 14.9. The lowest BCUT2D eigenvalue weighted by molar-refractivity contribution is 0.859. The molecule has 0 atom stereocenters. The van der Waals surface area contributed by atoms with Gasteiger partial charge in [-0.2, -0.15) is 4.99 Å². The number of hydrogen-bond donors (Lipinski definition) is 0. The lowest BCUT2D eigenvalue weighted by Gasteiger charge is -2.05. The average molecular weight is 359 g/mol. The van der Waals surface area contributed by atoms with Crippen LogP contribution in [0.3, 0.4) is 0 Å². The topological polar surface area (TPSA) is 38.1 Å². The molecule has 0 aliphatic heterocycles. The maximum absolute atomic E-state index is 4.61. The van der Waals surface area contributed by atoms with Gasteiger partial charge in [0.15, 0.2) is 0 Å². The van der Waals surface area contributed by atoms with E-state index in [1.165, 1.54) is 17.5 Å². The van der Waals surface area contributed by atoms with Gasteiger partial charge in [-0.25, -0.2) is 9.97 Å². The Morgan fingerprint density at radius 2 is 1.42 bits per heavy atom. The number of rotatable bonds is 7. The van der Waals surface area contributed by atoms with E-state index >= 15 is 0 Å². The third-order valence-corrected chi connectivity index (χ3v) is 4.37. The lowest BCUT2D eigenvalue weighted by atomic mass is 10.0. The quantitative estimate of drug-likeness (QED) is 0.406. The molecule has 3 aromatic rings. The van der Waals surface area contributed by atoms with Gasteiger partial charge in [-0.1, -0.05) is 49.7 Å². The van der Waals surface area contributed by atoms with Crippen molar-refractivity contribution in [1.82, 2.24) is 9.97 Å². The standard InChI is InChI=1S/C22H21N3S/c1-2-3-17-4-9-19(10-5-17)20-14-23-22(24-15-20)13-8-18-6-11-21(12-7-18)25-16-26/h4-7,9-12,14-15H,2-3,8,13H2,1H3. The zero-order valence-corrected chi connectivity index (χ0v) is 15.7. The van der Waals surface area contributed by atoms with Gasteiger partial charge in [0, 0.05) is 24.4 Å². The second-order valence-corrected chi connectivity index (χ2v) is 6.39. The molecule has 3 rings (SSSR count). The van der Waals surface area contributed by atoms with Gasteiger partial charge in [0.2, 0.25) is 0 Å². The summed E-state index contributed by atoms with van der Waals surface area (Å²) in [6.45, 7) is 2.20. The Balaban J connectivity index is 1.61. The van der Waals surface area contributed by atoms with Gasteiger partial charge in [0.1, 0.15) is 5.82 Å². The number of aryl methyl sites for hydroxylation is 3. The predicted molar refractivity (Wildman–Crippen MR) is 110 cm³/mol. The summed E-state index contributed by atoms with van der Waals surface area (Å²) in [5.74, 6) is 0.859. The monoisotopic (exact) mass is 359 g/mol. The van der Waals surface area contributed by atoms with Crippen molar-refractivity contribution in [2.75, 3.05) is 0 Å². The van der Waals surface area contributed by atoms with Crippen molar-refractivity contribution in [3.8, 4) is 11.1 Å². The van der Waals surface area contributed by atoms with E-state index < -0.39 is 0 Å². The van der Waals surface area contributed by atoms with Crippen molar-refractivity contribution >= 4 is 23.1 Å². The molecule has 0 N–H and O–H groups in total. The van der Waals surface area contributed by atoms with Crippen LogP contribution in [0.25, 0.3) is 11.1 Å². The molecule has 0 amide bonds. The van der Waals surface area contributed by atoms with Crippen LogP contribution in [0.1, 0.15) is 30.3 Å². The summed E-state index contributed by atoms with van der Waals surface area (Å²) in [6.07, 6.45) is 7.81. The van der Waals surface area contributed by atoms with Gasteiger partial charge in [0.05, 0.1) is 10.8 Å². The molecule has 0 fully saturated rings. The minimum Gasteiger partial charge on any atom is -0.241 e. The Morgan fingerprint density at radius 1 is 0.808 bits per heavy atom. The summed E-state index contributed by atoms with van der Waals surface area (Å²) in [6, 6.07) is 16.7. The molecule has 2 aromatic carbocycles. The van der Waals surface area contributed by atoms with Crippen LogP contribution >= 0.6 is 12.2 Å². The molecule has 0 unspecified atom stereocenters.